The Labute approximate surface area is 112 Å². The molecule has 2 nitrogen and oxygen atoms in total. The first-order valence-electron chi connectivity index (χ1n) is 7.08. The van der Waals surface area contributed by atoms with Gasteiger partial charge >= 0.3 is 0 Å². The lowest BCUT2D eigenvalue weighted by Crippen LogP contribution is -2.00. The van der Waals surface area contributed by atoms with Crippen molar-refractivity contribution in [3.63, 3.8) is 0 Å². The van der Waals surface area contributed by atoms with Gasteiger partial charge in [-0.05, 0) is 43.1 Å². The maximum absolute atomic E-state index is 10.7. The zero-order valence-electron chi connectivity index (χ0n) is 11.3. The first-order chi connectivity index (χ1) is 9.11. The van der Waals surface area contributed by atoms with E-state index in [0.717, 1.165) is 40.3 Å². The highest BCUT2D eigenvalue weighted by molar-refractivity contribution is 5.98. The van der Waals surface area contributed by atoms with Gasteiger partial charge in [-0.3, -0.25) is 0 Å². The minimum Gasteiger partial charge on any atom is -0.507 e. The molecule has 0 heterocycles. The molecule has 2 N–H and O–H groups in total. The van der Waals surface area contributed by atoms with E-state index in [0.29, 0.717) is 29.3 Å². The average molecular weight is 254 g/mol. The van der Waals surface area contributed by atoms with Gasteiger partial charge in [0.25, 0.3) is 0 Å². The van der Waals surface area contributed by atoms with Crippen molar-refractivity contribution in [2.45, 2.75) is 38.5 Å². The maximum Gasteiger partial charge on any atom is 0.127 e. The van der Waals surface area contributed by atoms with Crippen LogP contribution >= 0.6 is 0 Å². The molecule has 19 heavy (non-hydrogen) atoms. The van der Waals surface area contributed by atoms with Crippen LogP contribution in [0, 0.1) is 12.8 Å². The van der Waals surface area contributed by atoms with Crippen molar-refractivity contribution in [1.29, 1.82) is 0 Å². The van der Waals surface area contributed by atoms with Crippen LogP contribution in [0.3, 0.4) is 0 Å². The molecule has 3 unspecified atom stereocenters. The molecule has 2 aromatic carbocycles. The Morgan fingerprint density at radius 3 is 2.32 bits per heavy atom. The van der Waals surface area contributed by atoms with Crippen LogP contribution in [0.4, 0.5) is 0 Å². The monoisotopic (exact) mass is 254 g/mol. The molecule has 2 aliphatic carbocycles. The number of hydrogen-bond acceptors (Lipinski definition) is 2. The molecule has 3 atom stereocenters. The van der Waals surface area contributed by atoms with Crippen molar-refractivity contribution in [2.24, 2.45) is 5.92 Å². The molecule has 2 aliphatic rings. The highest BCUT2D eigenvalue weighted by Crippen LogP contribution is 2.63. The van der Waals surface area contributed by atoms with E-state index in [4.69, 9.17) is 0 Å². The largest absolute Gasteiger partial charge is 0.507 e. The standard InChI is InChI=1S/C17H18O2/c1-8-4-3-5-12-13(8)17(19)15-11-7-6-10(9(11)2)14(15)16(12)18/h3-5,9-11,18-19H,6-7H2,1-2H3. The van der Waals surface area contributed by atoms with Crippen LogP contribution in [0.1, 0.15) is 48.3 Å². The first kappa shape index (κ1) is 11.2. The molecule has 98 valence electrons. The Bertz CT molecular complexity index is 702. The lowest BCUT2D eigenvalue weighted by Gasteiger charge is -2.20. The molecule has 2 aromatic rings. The van der Waals surface area contributed by atoms with Crippen molar-refractivity contribution in [3.8, 4) is 11.5 Å². The maximum atomic E-state index is 10.7. The van der Waals surface area contributed by atoms with Gasteiger partial charge in [0.15, 0.2) is 0 Å². The van der Waals surface area contributed by atoms with Gasteiger partial charge < -0.3 is 10.2 Å². The molecular formula is C17H18O2. The van der Waals surface area contributed by atoms with E-state index >= 15 is 0 Å². The molecule has 0 spiro atoms. The second kappa shape index (κ2) is 3.44. The number of aromatic hydroxyl groups is 2. The van der Waals surface area contributed by atoms with E-state index < -0.39 is 0 Å². The molecule has 1 saturated carbocycles. The summed E-state index contributed by atoms with van der Waals surface area (Å²) in [5.41, 5.74) is 3.09. The Balaban J connectivity index is 2.18. The molecule has 0 saturated heterocycles. The summed E-state index contributed by atoms with van der Waals surface area (Å²) in [6, 6.07) is 5.85. The normalized spacial score (nSPS) is 28.0. The van der Waals surface area contributed by atoms with Crippen molar-refractivity contribution in [3.05, 3.63) is 34.9 Å². The van der Waals surface area contributed by atoms with Gasteiger partial charge in [-0.15, -0.1) is 0 Å². The van der Waals surface area contributed by atoms with Crippen LogP contribution < -0.4 is 0 Å². The molecule has 2 bridgehead atoms. The van der Waals surface area contributed by atoms with E-state index in [1.54, 1.807) is 0 Å². The number of phenolic OH excluding ortho intramolecular Hbond substituents is 2. The van der Waals surface area contributed by atoms with Gasteiger partial charge in [0.05, 0.1) is 0 Å². The fraction of sp³-hybridized carbons (Fsp3) is 0.412. The summed E-state index contributed by atoms with van der Waals surface area (Å²) in [6.07, 6.45) is 2.28. The summed E-state index contributed by atoms with van der Waals surface area (Å²) in [5, 5.41) is 23.0. The van der Waals surface area contributed by atoms with Gasteiger partial charge in [-0.25, -0.2) is 0 Å². The van der Waals surface area contributed by atoms with Crippen molar-refractivity contribution >= 4 is 10.8 Å². The molecule has 0 aliphatic heterocycles. The quantitative estimate of drug-likeness (QED) is 0.693. The number of phenols is 2. The Morgan fingerprint density at radius 2 is 1.63 bits per heavy atom. The topological polar surface area (TPSA) is 40.5 Å². The SMILES string of the molecule is Cc1cccc2c(O)c3c(c(O)c12)C1CCC3C1C. The molecule has 2 heteroatoms. The first-order valence-corrected chi connectivity index (χ1v) is 7.08. The van der Waals surface area contributed by atoms with Crippen LogP contribution in [-0.4, -0.2) is 10.2 Å². The fourth-order valence-electron chi connectivity index (χ4n) is 4.44. The summed E-state index contributed by atoms with van der Waals surface area (Å²) in [7, 11) is 0. The summed E-state index contributed by atoms with van der Waals surface area (Å²) in [5.74, 6) is 2.22. The predicted molar refractivity (Wildman–Crippen MR) is 75.9 cm³/mol. The summed E-state index contributed by atoms with van der Waals surface area (Å²) >= 11 is 0. The third-order valence-corrected chi connectivity index (χ3v) is 5.36. The third kappa shape index (κ3) is 1.17. The third-order valence-electron chi connectivity index (χ3n) is 5.36. The second-order valence-corrected chi connectivity index (χ2v) is 6.17. The smallest absolute Gasteiger partial charge is 0.127 e. The van der Waals surface area contributed by atoms with Crippen LogP contribution in [-0.2, 0) is 0 Å². The van der Waals surface area contributed by atoms with Crippen LogP contribution in [0.5, 0.6) is 11.5 Å². The Hall–Kier alpha value is -1.70. The van der Waals surface area contributed by atoms with E-state index in [1.807, 2.05) is 25.1 Å². The van der Waals surface area contributed by atoms with Gasteiger partial charge in [0.2, 0.25) is 0 Å². The predicted octanol–water partition coefficient (Wildman–Crippen LogP) is 4.17. The zero-order chi connectivity index (χ0) is 13.3. The number of benzene rings is 2. The molecule has 0 aromatic heterocycles. The highest BCUT2D eigenvalue weighted by atomic mass is 16.3. The van der Waals surface area contributed by atoms with Gasteiger partial charge in [-0.2, -0.15) is 0 Å². The lowest BCUT2D eigenvalue weighted by molar-refractivity contribution is 0.451. The molecular weight excluding hydrogens is 236 g/mol. The molecule has 0 amide bonds. The summed E-state index contributed by atoms with van der Waals surface area (Å²) < 4.78 is 0. The van der Waals surface area contributed by atoms with Gasteiger partial charge in [-0.1, -0.05) is 25.1 Å². The van der Waals surface area contributed by atoms with Crippen molar-refractivity contribution < 1.29 is 10.2 Å². The van der Waals surface area contributed by atoms with Gasteiger partial charge in [0.1, 0.15) is 11.5 Å². The highest BCUT2D eigenvalue weighted by Gasteiger charge is 2.47. The Morgan fingerprint density at radius 1 is 1.00 bits per heavy atom. The summed E-state index contributed by atoms with van der Waals surface area (Å²) in [4.78, 5) is 0. The zero-order valence-corrected chi connectivity index (χ0v) is 11.3. The minimum absolute atomic E-state index is 0.408. The lowest BCUT2D eigenvalue weighted by atomic mass is 9.86. The molecule has 1 fully saturated rings. The van der Waals surface area contributed by atoms with Crippen LogP contribution in [0.15, 0.2) is 18.2 Å². The van der Waals surface area contributed by atoms with E-state index in [1.165, 1.54) is 0 Å². The number of rotatable bonds is 0. The van der Waals surface area contributed by atoms with Crippen LogP contribution in [0.2, 0.25) is 0 Å². The van der Waals surface area contributed by atoms with Crippen molar-refractivity contribution in [1.82, 2.24) is 0 Å². The van der Waals surface area contributed by atoms with Gasteiger partial charge in [0, 0.05) is 21.9 Å². The molecule has 4 rings (SSSR count). The second-order valence-electron chi connectivity index (χ2n) is 6.17. The number of fused-ring (bicyclic) bond motifs is 6. The van der Waals surface area contributed by atoms with E-state index in [-0.39, 0.29) is 0 Å². The number of hydrogen-bond donors (Lipinski definition) is 2. The fourth-order valence-corrected chi connectivity index (χ4v) is 4.44. The van der Waals surface area contributed by atoms with Crippen molar-refractivity contribution in [2.75, 3.05) is 0 Å². The van der Waals surface area contributed by atoms with E-state index in [2.05, 4.69) is 6.92 Å². The van der Waals surface area contributed by atoms with E-state index in [9.17, 15) is 10.2 Å². The summed E-state index contributed by atoms with van der Waals surface area (Å²) in [6.45, 7) is 4.24. The van der Waals surface area contributed by atoms with Crippen LogP contribution in [0.25, 0.3) is 10.8 Å². The average Bonchev–Trinajstić information content (AvgIpc) is 2.89. The minimum atomic E-state index is 0.408. The Kier molecular flexibility index (Phi) is 2.02. The number of aryl methyl sites for hydroxylation is 1. The molecule has 0 radical (unpaired) electrons.